The number of carbonyl (C=O) groups is 1. The summed E-state index contributed by atoms with van der Waals surface area (Å²) in [7, 11) is 0. The SMILES string of the molecule is C#CCNC(=O)C1CCN(c2cnn(-c3ccc(C)c(Cl)c3)c(=O)c2Cl)CC1. The fraction of sp³-hybridized carbons (Fsp3) is 0.350. The number of halogens is 2. The normalized spacial score (nSPS) is 14.6. The monoisotopic (exact) mass is 418 g/mol. The molecule has 146 valence electrons. The number of terminal acetylenes is 1. The number of nitrogens with zero attached hydrogens (tertiary/aromatic N) is 3. The molecule has 0 aliphatic carbocycles. The first-order valence-electron chi connectivity index (χ1n) is 8.93. The van der Waals surface area contributed by atoms with Gasteiger partial charge in [-0.2, -0.15) is 9.78 Å². The van der Waals surface area contributed by atoms with Gasteiger partial charge in [-0.3, -0.25) is 9.59 Å². The molecule has 3 rings (SSSR count). The van der Waals surface area contributed by atoms with Gasteiger partial charge in [0.25, 0.3) is 5.56 Å². The Morgan fingerprint density at radius 1 is 1.36 bits per heavy atom. The fourth-order valence-corrected chi connectivity index (χ4v) is 3.63. The lowest BCUT2D eigenvalue weighted by molar-refractivity contribution is -0.125. The zero-order valence-corrected chi connectivity index (χ0v) is 16.9. The lowest BCUT2D eigenvalue weighted by Gasteiger charge is -2.33. The Balaban J connectivity index is 1.77. The van der Waals surface area contributed by atoms with Crippen LogP contribution < -0.4 is 15.8 Å². The number of rotatable bonds is 4. The lowest BCUT2D eigenvalue weighted by Crippen LogP contribution is -2.41. The summed E-state index contributed by atoms with van der Waals surface area (Å²) in [6.45, 7) is 3.33. The molecular weight excluding hydrogens is 399 g/mol. The largest absolute Gasteiger partial charge is 0.369 e. The van der Waals surface area contributed by atoms with E-state index >= 15 is 0 Å². The van der Waals surface area contributed by atoms with Crippen LogP contribution in [0, 0.1) is 25.2 Å². The first-order valence-corrected chi connectivity index (χ1v) is 9.68. The summed E-state index contributed by atoms with van der Waals surface area (Å²) in [4.78, 5) is 26.8. The number of benzene rings is 1. The first-order chi connectivity index (χ1) is 13.4. The number of piperidine rings is 1. The van der Waals surface area contributed by atoms with Gasteiger partial charge in [-0.15, -0.1) is 6.42 Å². The van der Waals surface area contributed by atoms with Gasteiger partial charge in [0.1, 0.15) is 5.02 Å². The highest BCUT2D eigenvalue weighted by Gasteiger charge is 2.26. The third kappa shape index (κ3) is 4.16. The van der Waals surface area contributed by atoms with Crippen LogP contribution in [0.2, 0.25) is 10.0 Å². The van der Waals surface area contributed by atoms with Crippen molar-refractivity contribution in [2.24, 2.45) is 5.92 Å². The fourth-order valence-electron chi connectivity index (χ4n) is 3.21. The smallest absolute Gasteiger partial charge is 0.292 e. The average molecular weight is 419 g/mol. The molecule has 0 atom stereocenters. The van der Waals surface area contributed by atoms with E-state index in [2.05, 4.69) is 16.3 Å². The Morgan fingerprint density at radius 3 is 2.71 bits per heavy atom. The molecule has 0 radical (unpaired) electrons. The molecule has 2 heterocycles. The second-order valence-corrected chi connectivity index (χ2v) is 7.46. The molecular formula is C20H20Cl2N4O2. The zero-order chi connectivity index (χ0) is 20.3. The summed E-state index contributed by atoms with van der Waals surface area (Å²) in [6, 6.07) is 5.27. The Labute approximate surface area is 173 Å². The van der Waals surface area contributed by atoms with Gasteiger partial charge in [0.2, 0.25) is 5.91 Å². The van der Waals surface area contributed by atoms with Crippen LogP contribution in [0.1, 0.15) is 18.4 Å². The molecule has 1 aromatic carbocycles. The van der Waals surface area contributed by atoms with Gasteiger partial charge in [0, 0.05) is 24.0 Å². The van der Waals surface area contributed by atoms with E-state index in [0.29, 0.717) is 42.3 Å². The van der Waals surface area contributed by atoms with Gasteiger partial charge in [-0.05, 0) is 37.5 Å². The van der Waals surface area contributed by atoms with Gasteiger partial charge < -0.3 is 10.2 Å². The second kappa shape index (κ2) is 8.68. The molecule has 0 saturated carbocycles. The van der Waals surface area contributed by atoms with E-state index in [1.54, 1.807) is 18.3 Å². The summed E-state index contributed by atoms with van der Waals surface area (Å²) < 4.78 is 1.23. The molecule has 0 bridgehead atoms. The van der Waals surface area contributed by atoms with Gasteiger partial charge in [-0.25, -0.2) is 0 Å². The third-order valence-corrected chi connectivity index (χ3v) is 5.63. The predicted octanol–water partition coefficient (Wildman–Crippen LogP) is 2.81. The number of aryl methyl sites for hydroxylation is 1. The molecule has 1 aliphatic heterocycles. The minimum absolute atomic E-state index is 0.0338. The maximum atomic E-state index is 12.7. The minimum atomic E-state index is -0.409. The van der Waals surface area contributed by atoms with E-state index in [4.69, 9.17) is 29.6 Å². The number of amides is 1. The van der Waals surface area contributed by atoms with E-state index in [1.807, 2.05) is 17.9 Å². The van der Waals surface area contributed by atoms with Crippen LogP contribution in [0.4, 0.5) is 5.69 Å². The lowest BCUT2D eigenvalue weighted by atomic mass is 9.95. The molecule has 0 spiro atoms. The van der Waals surface area contributed by atoms with Crippen LogP contribution in [-0.4, -0.2) is 35.3 Å². The molecule has 6 nitrogen and oxygen atoms in total. The average Bonchev–Trinajstić information content (AvgIpc) is 2.70. The quantitative estimate of drug-likeness (QED) is 0.775. The predicted molar refractivity (Wildman–Crippen MR) is 111 cm³/mol. The molecule has 28 heavy (non-hydrogen) atoms. The minimum Gasteiger partial charge on any atom is -0.369 e. The van der Waals surface area contributed by atoms with E-state index in [-0.39, 0.29) is 23.4 Å². The highest BCUT2D eigenvalue weighted by molar-refractivity contribution is 6.33. The summed E-state index contributed by atoms with van der Waals surface area (Å²) in [6.07, 6.45) is 8.06. The van der Waals surface area contributed by atoms with Crippen LogP contribution in [0.15, 0.2) is 29.2 Å². The molecule has 1 aromatic heterocycles. The Hall–Kier alpha value is -2.49. The van der Waals surface area contributed by atoms with Gasteiger partial charge in [0.15, 0.2) is 0 Å². The number of hydrogen-bond donors (Lipinski definition) is 1. The van der Waals surface area contributed by atoms with Gasteiger partial charge in [0.05, 0.1) is 24.1 Å². The van der Waals surface area contributed by atoms with Gasteiger partial charge in [-0.1, -0.05) is 35.2 Å². The van der Waals surface area contributed by atoms with Crippen LogP contribution in [0.25, 0.3) is 5.69 Å². The number of carbonyl (C=O) groups excluding carboxylic acids is 1. The second-order valence-electron chi connectivity index (χ2n) is 6.68. The number of nitrogens with one attached hydrogen (secondary N) is 1. The molecule has 1 aliphatic rings. The molecule has 1 fully saturated rings. The summed E-state index contributed by atoms with van der Waals surface area (Å²) in [5.74, 6) is 2.27. The summed E-state index contributed by atoms with van der Waals surface area (Å²) >= 11 is 12.5. The van der Waals surface area contributed by atoms with Crippen LogP contribution >= 0.6 is 23.2 Å². The summed E-state index contributed by atoms with van der Waals surface area (Å²) in [5, 5.41) is 7.63. The Morgan fingerprint density at radius 2 is 2.07 bits per heavy atom. The maximum absolute atomic E-state index is 12.7. The first kappa shape index (κ1) is 20.2. The summed E-state index contributed by atoms with van der Waals surface area (Å²) in [5.41, 5.74) is 1.63. The molecule has 1 saturated heterocycles. The van der Waals surface area contributed by atoms with E-state index in [9.17, 15) is 9.59 Å². The molecule has 2 aromatic rings. The third-order valence-electron chi connectivity index (χ3n) is 4.87. The van der Waals surface area contributed by atoms with Crippen molar-refractivity contribution in [3.63, 3.8) is 0 Å². The van der Waals surface area contributed by atoms with E-state index in [1.165, 1.54) is 4.68 Å². The van der Waals surface area contributed by atoms with Crippen LogP contribution in [0.5, 0.6) is 0 Å². The van der Waals surface area contributed by atoms with Gasteiger partial charge >= 0.3 is 0 Å². The van der Waals surface area contributed by atoms with Crippen molar-refractivity contribution in [2.75, 3.05) is 24.5 Å². The van der Waals surface area contributed by atoms with Crippen molar-refractivity contribution in [3.05, 3.63) is 50.4 Å². The maximum Gasteiger partial charge on any atom is 0.292 e. The zero-order valence-electron chi connectivity index (χ0n) is 15.4. The standard InChI is InChI=1S/C20H20Cl2N4O2/c1-3-8-23-19(27)14-6-9-25(10-7-14)17-12-24-26(20(28)18(17)22)15-5-4-13(2)16(21)11-15/h1,4-5,11-12,14H,6-10H2,2H3,(H,23,27). The van der Waals surface area contributed by atoms with E-state index < -0.39 is 5.56 Å². The van der Waals surface area contributed by atoms with Crippen molar-refractivity contribution in [3.8, 4) is 18.0 Å². The highest BCUT2D eigenvalue weighted by atomic mass is 35.5. The van der Waals surface area contributed by atoms with Crippen LogP contribution in [0.3, 0.4) is 0 Å². The molecule has 1 amide bonds. The van der Waals surface area contributed by atoms with Crippen molar-refractivity contribution in [2.45, 2.75) is 19.8 Å². The van der Waals surface area contributed by atoms with E-state index in [0.717, 1.165) is 5.56 Å². The number of hydrogen-bond acceptors (Lipinski definition) is 4. The number of anilines is 1. The van der Waals surface area contributed by atoms with Crippen molar-refractivity contribution < 1.29 is 4.79 Å². The Kier molecular flexibility index (Phi) is 6.28. The van der Waals surface area contributed by atoms with Crippen molar-refractivity contribution >= 4 is 34.8 Å². The Bertz CT molecular complexity index is 989. The molecule has 8 heteroatoms. The highest BCUT2D eigenvalue weighted by Crippen LogP contribution is 2.27. The molecule has 1 N–H and O–H groups in total. The topological polar surface area (TPSA) is 67.2 Å². The van der Waals surface area contributed by atoms with Crippen molar-refractivity contribution in [1.82, 2.24) is 15.1 Å². The number of aromatic nitrogens is 2. The van der Waals surface area contributed by atoms with Crippen LogP contribution in [-0.2, 0) is 4.79 Å². The van der Waals surface area contributed by atoms with Crippen molar-refractivity contribution in [1.29, 1.82) is 0 Å². The molecule has 0 unspecified atom stereocenters.